The molecule has 2 unspecified atom stereocenters. The lowest BCUT2D eigenvalue weighted by molar-refractivity contribution is 0.271. The molecule has 1 rings (SSSR count). The summed E-state index contributed by atoms with van der Waals surface area (Å²) in [6, 6.07) is 9.24. The van der Waals surface area contributed by atoms with Crippen molar-refractivity contribution in [1.82, 2.24) is 10.2 Å². The van der Waals surface area contributed by atoms with Gasteiger partial charge in [0.25, 0.3) is 0 Å². The number of nitrogens with one attached hydrogen (secondary N) is 1. The second-order valence-corrected chi connectivity index (χ2v) is 6.33. The molecule has 0 aliphatic heterocycles. The molecule has 0 fully saturated rings. The van der Waals surface area contributed by atoms with Crippen LogP contribution < -0.4 is 10.1 Å². The summed E-state index contributed by atoms with van der Waals surface area (Å²) in [4.78, 5) is 2.20. The maximum absolute atomic E-state index is 5.71. The minimum atomic E-state index is 0.351. The number of hydrogen-bond donors (Lipinski definition) is 1. The molecule has 0 saturated heterocycles. The van der Waals surface area contributed by atoms with Gasteiger partial charge in [-0.25, -0.2) is 0 Å². The molecule has 1 aromatic carbocycles. The van der Waals surface area contributed by atoms with Gasteiger partial charge in [0.05, 0.1) is 6.61 Å². The van der Waals surface area contributed by atoms with Crippen LogP contribution in [0.3, 0.4) is 0 Å². The largest absolute Gasteiger partial charge is 0.493 e. The molecule has 0 aromatic heterocycles. The van der Waals surface area contributed by atoms with E-state index in [1.54, 1.807) is 0 Å². The van der Waals surface area contributed by atoms with E-state index in [0.717, 1.165) is 18.9 Å². The Bertz CT molecular complexity index is 373. The molecule has 0 amide bonds. The number of ether oxygens (including phenoxy) is 1. The molecule has 0 heterocycles. The maximum Gasteiger partial charge on any atom is 0.119 e. The van der Waals surface area contributed by atoms with E-state index in [1.807, 2.05) is 0 Å². The van der Waals surface area contributed by atoms with E-state index in [-0.39, 0.29) is 0 Å². The molecule has 3 nitrogen and oxygen atoms in total. The first-order chi connectivity index (χ1) is 9.38. The zero-order valence-corrected chi connectivity index (χ0v) is 13.8. The highest BCUT2D eigenvalue weighted by Crippen LogP contribution is 2.18. The highest BCUT2D eigenvalue weighted by atomic mass is 16.5. The van der Waals surface area contributed by atoms with E-state index in [0.29, 0.717) is 18.0 Å². The van der Waals surface area contributed by atoms with Gasteiger partial charge in [-0.3, -0.25) is 0 Å². The Balaban J connectivity index is 2.50. The fourth-order valence-corrected chi connectivity index (χ4v) is 2.24. The Morgan fingerprint density at radius 1 is 1.05 bits per heavy atom. The Labute approximate surface area is 124 Å². The van der Waals surface area contributed by atoms with Crippen LogP contribution in [0.15, 0.2) is 24.3 Å². The Morgan fingerprint density at radius 3 is 2.15 bits per heavy atom. The van der Waals surface area contributed by atoms with E-state index in [1.165, 1.54) is 5.56 Å². The van der Waals surface area contributed by atoms with Gasteiger partial charge in [0, 0.05) is 18.6 Å². The van der Waals surface area contributed by atoms with Crippen LogP contribution in [0.25, 0.3) is 0 Å². The molecule has 1 aromatic rings. The summed E-state index contributed by atoms with van der Waals surface area (Å²) in [6.45, 7) is 10.6. The molecular weight excluding hydrogens is 248 g/mol. The van der Waals surface area contributed by atoms with E-state index in [4.69, 9.17) is 4.74 Å². The first kappa shape index (κ1) is 17.0. The maximum atomic E-state index is 5.71. The molecule has 0 aliphatic rings. The van der Waals surface area contributed by atoms with Crippen LogP contribution >= 0.6 is 0 Å². The summed E-state index contributed by atoms with van der Waals surface area (Å²) in [7, 11) is 4.20. The molecule has 0 aliphatic carbocycles. The standard InChI is InChI=1S/C17H30N2O/c1-13(2)12-20-17-9-7-16(8-10-17)15(4)18-14(3)11-19(5)6/h7-10,13-15,18H,11-12H2,1-6H3. The lowest BCUT2D eigenvalue weighted by Crippen LogP contribution is -2.37. The fourth-order valence-electron chi connectivity index (χ4n) is 2.24. The van der Waals surface area contributed by atoms with E-state index in [9.17, 15) is 0 Å². The molecule has 0 saturated carbocycles. The van der Waals surface area contributed by atoms with Crippen LogP contribution in [0.2, 0.25) is 0 Å². The Morgan fingerprint density at radius 2 is 1.65 bits per heavy atom. The van der Waals surface area contributed by atoms with Crippen molar-refractivity contribution in [2.45, 2.75) is 39.8 Å². The van der Waals surface area contributed by atoms with E-state index >= 15 is 0 Å². The van der Waals surface area contributed by atoms with Crippen LogP contribution in [0.5, 0.6) is 5.75 Å². The molecule has 2 atom stereocenters. The highest BCUT2D eigenvalue weighted by molar-refractivity contribution is 5.29. The molecule has 20 heavy (non-hydrogen) atoms. The van der Waals surface area contributed by atoms with Crippen molar-refractivity contribution in [2.75, 3.05) is 27.2 Å². The topological polar surface area (TPSA) is 24.5 Å². The average Bonchev–Trinajstić information content (AvgIpc) is 2.35. The van der Waals surface area contributed by atoms with Gasteiger partial charge in [-0.05, 0) is 51.6 Å². The van der Waals surface area contributed by atoms with Gasteiger partial charge in [0.15, 0.2) is 0 Å². The van der Waals surface area contributed by atoms with Crippen LogP contribution in [0.4, 0.5) is 0 Å². The quantitative estimate of drug-likeness (QED) is 0.789. The van der Waals surface area contributed by atoms with Gasteiger partial charge in [0.1, 0.15) is 5.75 Å². The highest BCUT2D eigenvalue weighted by Gasteiger charge is 2.10. The van der Waals surface area contributed by atoms with Crippen molar-refractivity contribution in [2.24, 2.45) is 5.92 Å². The minimum absolute atomic E-state index is 0.351. The summed E-state index contributed by atoms with van der Waals surface area (Å²) in [6.07, 6.45) is 0. The van der Waals surface area contributed by atoms with Crippen LogP contribution in [0, 0.1) is 5.92 Å². The van der Waals surface area contributed by atoms with Crippen LogP contribution in [-0.4, -0.2) is 38.2 Å². The normalized spacial score (nSPS) is 14.6. The first-order valence-corrected chi connectivity index (χ1v) is 7.52. The van der Waals surface area contributed by atoms with Crippen molar-refractivity contribution in [3.8, 4) is 5.75 Å². The van der Waals surface area contributed by atoms with Crippen LogP contribution in [-0.2, 0) is 0 Å². The zero-order valence-electron chi connectivity index (χ0n) is 13.8. The summed E-state index contributed by atoms with van der Waals surface area (Å²) in [5, 5.41) is 3.61. The number of benzene rings is 1. The smallest absolute Gasteiger partial charge is 0.119 e. The molecule has 0 bridgehead atoms. The third-order valence-electron chi connectivity index (χ3n) is 3.14. The second-order valence-electron chi connectivity index (χ2n) is 6.33. The monoisotopic (exact) mass is 278 g/mol. The van der Waals surface area contributed by atoms with E-state index < -0.39 is 0 Å². The van der Waals surface area contributed by atoms with Gasteiger partial charge in [-0.15, -0.1) is 0 Å². The zero-order chi connectivity index (χ0) is 15.1. The lowest BCUT2D eigenvalue weighted by Gasteiger charge is -2.23. The summed E-state index contributed by atoms with van der Waals surface area (Å²) in [5.41, 5.74) is 1.30. The minimum Gasteiger partial charge on any atom is -0.493 e. The third-order valence-corrected chi connectivity index (χ3v) is 3.14. The fraction of sp³-hybridized carbons (Fsp3) is 0.647. The number of likely N-dealkylation sites (N-methyl/N-ethyl adjacent to an activating group) is 1. The predicted molar refractivity (Wildman–Crippen MR) is 86.3 cm³/mol. The number of hydrogen-bond acceptors (Lipinski definition) is 3. The summed E-state index contributed by atoms with van der Waals surface area (Å²) in [5.74, 6) is 1.51. The van der Waals surface area contributed by atoms with E-state index in [2.05, 4.69) is 76.3 Å². The molecule has 0 radical (unpaired) electrons. The third kappa shape index (κ3) is 6.40. The summed E-state index contributed by atoms with van der Waals surface area (Å²) >= 11 is 0. The van der Waals surface area contributed by atoms with Crippen molar-refractivity contribution < 1.29 is 4.74 Å². The molecule has 0 spiro atoms. The molecule has 3 heteroatoms. The predicted octanol–water partition coefficient (Wildman–Crippen LogP) is 3.32. The van der Waals surface area contributed by atoms with Crippen molar-refractivity contribution in [1.29, 1.82) is 0 Å². The average molecular weight is 278 g/mol. The van der Waals surface area contributed by atoms with Gasteiger partial charge in [-0.2, -0.15) is 0 Å². The van der Waals surface area contributed by atoms with Crippen molar-refractivity contribution in [3.05, 3.63) is 29.8 Å². The SMILES string of the molecule is CC(C)COc1ccc(C(C)NC(C)CN(C)C)cc1. The molecule has 1 N–H and O–H groups in total. The Kier molecular flexibility index (Phi) is 7.03. The van der Waals surface area contributed by atoms with Crippen LogP contribution in [0.1, 0.15) is 39.3 Å². The van der Waals surface area contributed by atoms with Crippen molar-refractivity contribution in [3.63, 3.8) is 0 Å². The first-order valence-electron chi connectivity index (χ1n) is 7.52. The second kappa shape index (κ2) is 8.28. The van der Waals surface area contributed by atoms with Gasteiger partial charge < -0.3 is 15.0 Å². The molecular formula is C17H30N2O. The van der Waals surface area contributed by atoms with Gasteiger partial charge in [-0.1, -0.05) is 26.0 Å². The summed E-state index contributed by atoms with van der Waals surface area (Å²) < 4.78 is 5.71. The van der Waals surface area contributed by atoms with Gasteiger partial charge in [0.2, 0.25) is 0 Å². The number of nitrogens with zero attached hydrogens (tertiary/aromatic N) is 1. The lowest BCUT2D eigenvalue weighted by atomic mass is 10.1. The molecule has 114 valence electrons. The Hall–Kier alpha value is -1.06. The van der Waals surface area contributed by atoms with Crippen molar-refractivity contribution >= 4 is 0 Å². The number of rotatable bonds is 8. The van der Waals surface area contributed by atoms with Gasteiger partial charge >= 0.3 is 0 Å².